The van der Waals surface area contributed by atoms with Gasteiger partial charge in [-0.3, -0.25) is 4.79 Å². The molecule has 1 aromatic carbocycles. The highest BCUT2D eigenvalue weighted by Crippen LogP contribution is 2.09. The Kier molecular flexibility index (Phi) is 9.58. The number of carboxylic acids is 2. The van der Waals surface area contributed by atoms with E-state index in [1.54, 1.807) is 13.1 Å². The molecule has 0 bridgehead atoms. The quantitative estimate of drug-likeness (QED) is 0.599. The van der Waals surface area contributed by atoms with Crippen molar-refractivity contribution in [2.75, 3.05) is 0 Å². The molecule has 6 nitrogen and oxygen atoms in total. The van der Waals surface area contributed by atoms with Crippen molar-refractivity contribution in [2.45, 2.75) is 52.4 Å². The Bertz CT molecular complexity index is 778. The van der Waals surface area contributed by atoms with E-state index in [4.69, 9.17) is 10.2 Å². The molecule has 146 valence electrons. The monoisotopic (exact) mass is 373 g/mol. The molecule has 0 fully saturated rings. The second-order valence-corrected chi connectivity index (χ2v) is 6.39. The largest absolute Gasteiger partial charge is 0.478 e. The molecule has 0 saturated heterocycles. The SMILES string of the molecule is CCCCCCCc1ccc[nH]c1=O.Cc1cc(C(=O)O)cc(C(=O)O)c1. The summed E-state index contributed by atoms with van der Waals surface area (Å²) in [7, 11) is 0. The molecule has 0 aliphatic carbocycles. The molecule has 0 amide bonds. The van der Waals surface area contributed by atoms with Crippen LogP contribution < -0.4 is 5.56 Å². The first-order valence-electron chi connectivity index (χ1n) is 9.10. The van der Waals surface area contributed by atoms with Crippen LogP contribution in [0.3, 0.4) is 0 Å². The number of nitrogens with one attached hydrogen (secondary N) is 1. The standard InChI is InChI=1S/C12H19NO.C9H8O4/c1-2-3-4-5-6-8-11-9-7-10-13-12(11)14;1-5-2-6(8(10)11)4-7(3-5)9(12)13/h7,9-10H,2-6,8H2,1H3,(H,13,14);2-4H,1H3,(H,10,11)(H,12,13). The van der Waals surface area contributed by atoms with Gasteiger partial charge in [0.05, 0.1) is 11.1 Å². The Morgan fingerprint density at radius 1 is 0.963 bits per heavy atom. The molecule has 0 unspecified atom stereocenters. The lowest BCUT2D eigenvalue weighted by atomic mass is 10.1. The van der Waals surface area contributed by atoms with Gasteiger partial charge in [0.2, 0.25) is 0 Å². The van der Waals surface area contributed by atoms with E-state index in [2.05, 4.69) is 11.9 Å². The third-order valence-corrected chi connectivity index (χ3v) is 4.02. The molecular formula is C21H27NO5. The van der Waals surface area contributed by atoms with Crippen LogP contribution in [0.25, 0.3) is 0 Å². The number of hydrogen-bond donors (Lipinski definition) is 3. The van der Waals surface area contributed by atoms with Gasteiger partial charge in [0, 0.05) is 11.8 Å². The third kappa shape index (κ3) is 8.35. The Balaban J connectivity index is 0.000000271. The maximum absolute atomic E-state index is 11.3. The second kappa shape index (κ2) is 11.7. The zero-order valence-corrected chi connectivity index (χ0v) is 15.8. The summed E-state index contributed by atoms with van der Waals surface area (Å²) in [5.41, 5.74) is 1.61. The highest BCUT2D eigenvalue weighted by atomic mass is 16.4. The van der Waals surface area contributed by atoms with E-state index >= 15 is 0 Å². The van der Waals surface area contributed by atoms with Crippen molar-refractivity contribution >= 4 is 11.9 Å². The summed E-state index contributed by atoms with van der Waals surface area (Å²) in [6.45, 7) is 3.86. The first-order valence-corrected chi connectivity index (χ1v) is 9.10. The second-order valence-electron chi connectivity index (χ2n) is 6.39. The normalized spacial score (nSPS) is 10.0. The average molecular weight is 373 g/mol. The van der Waals surface area contributed by atoms with E-state index < -0.39 is 11.9 Å². The van der Waals surface area contributed by atoms with E-state index in [-0.39, 0.29) is 16.7 Å². The Morgan fingerprint density at radius 3 is 2.07 bits per heavy atom. The summed E-state index contributed by atoms with van der Waals surface area (Å²) in [6.07, 6.45) is 8.84. The van der Waals surface area contributed by atoms with Crippen LogP contribution in [0.15, 0.2) is 41.3 Å². The zero-order chi connectivity index (χ0) is 20.2. The van der Waals surface area contributed by atoms with Crippen molar-refractivity contribution in [1.29, 1.82) is 0 Å². The number of aromatic amines is 1. The number of unbranched alkanes of at least 4 members (excludes halogenated alkanes) is 4. The van der Waals surface area contributed by atoms with E-state index in [1.807, 2.05) is 12.1 Å². The number of benzene rings is 1. The van der Waals surface area contributed by atoms with Gasteiger partial charge < -0.3 is 15.2 Å². The van der Waals surface area contributed by atoms with Gasteiger partial charge in [0.25, 0.3) is 5.56 Å². The molecule has 0 aliphatic heterocycles. The van der Waals surface area contributed by atoms with Crippen LogP contribution in [0.1, 0.15) is 70.9 Å². The number of carboxylic acid groups (broad SMARTS) is 2. The Morgan fingerprint density at radius 2 is 1.56 bits per heavy atom. The number of hydrogen-bond acceptors (Lipinski definition) is 3. The van der Waals surface area contributed by atoms with Gasteiger partial charge in [-0.25, -0.2) is 9.59 Å². The Labute approximate surface area is 158 Å². The minimum atomic E-state index is -1.12. The molecule has 2 aromatic rings. The molecule has 27 heavy (non-hydrogen) atoms. The summed E-state index contributed by atoms with van der Waals surface area (Å²) in [6, 6.07) is 7.79. The minimum absolute atomic E-state index is 0.00241. The van der Waals surface area contributed by atoms with E-state index in [0.29, 0.717) is 5.56 Å². The predicted molar refractivity (Wildman–Crippen MR) is 105 cm³/mol. The van der Waals surface area contributed by atoms with Crippen LogP contribution in [0, 0.1) is 6.92 Å². The summed E-state index contributed by atoms with van der Waals surface area (Å²) >= 11 is 0. The third-order valence-electron chi connectivity index (χ3n) is 4.02. The number of aromatic carboxylic acids is 2. The number of aryl methyl sites for hydroxylation is 2. The molecule has 3 N–H and O–H groups in total. The number of carbonyl (C=O) groups is 2. The average Bonchev–Trinajstić information content (AvgIpc) is 2.63. The molecule has 2 rings (SSSR count). The van der Waals surface area contributed by atoms with Crippen molar-refractivity contribution in [3.05, 3.63) is 69.1 Å². The van der Waals surface area contributed by atoms with Crippen LogP contribution >= 0.6 is 0 Å². The number of rotatable bonds is 8. The first kappa shape index (κ1) is 22.2. The van der Waals surface area contributed by atoms with Crippen molar-refractivity contribution < 1.29 is 19.8 Å². The molecule has 0 atom stereocenters. The molecule has 1 heterocycles. The smallest absolute Gasteiger partial charge is 0.335 e. The van der Waals surface area contributed by atoms with Crippen LogP contribution in [-0.2, 0) is 6.42 Å². The predicted octanol–water partition coefficient (Wildman–Crippen LogP) is 4.28. The Hall–Kier alpha value is -2.89. The molecule has 0 aliphatic rings. The van der Waals surface area contributed by atoms with Crippen molar-refractivity contribution in [2.24, 2.45) is 0 Å². The maximum atomic E-state index is 11.3. The van der Waals surface area contributed by atoms with Gasteiger partial charge in [-0.15, -0.1) is 0 Å². The van der Waals surface area contributed by atoms with Crippen molar-refractivity contribution in [1.82, 2.24) is 4.98 Å². The maximum Gasteiger partial charge on any atom is 0.335 e. The van der Waals surface area contributed by atoms with E-state index in [0.717, 1.165) is 24.5 Å². The highest BCUT2D eigenvalue weighted by Gasteiger charge is 2.09. The van der Waals surface area contributed by atoms with Gasteiger partial charge in [-0.05, 0) is 49.6 Å². The van der Waals surface area contributed by atoms with E-state index in [1.165, 1.54) is 37.8 Å². The number of aromatic nitrogens is 1. The molecule has 0 radical (unpaired) electrons. The van der Waals surface area contributed by atoms with Gasteiger partial charge in [0.15, 0.2) is 0 Å². The van der Waals surface area contributed by atoms with Crippen LogP contribution in [-0.4, -0.2) is 27.1 Å². The zero-order valence-electron chi connectivity index (χ0n) is 15.8. The van der Waals surface area contributed by atoms with Crippen molar-refractivity contribution in [3.63, 3.8) is 0 Å². The van der Waals surface area contributed by atoms with Crippen LogP contribution in [0.4, 0.5) is 0 Å². The summed E-state index contributed by atoms with van der Waals surface area (Å²) in [5.74, 6) is -2.24. The number of pyridine rings is 1. The fourth-order valence-corrected chi connectivity index (χ4v) is 2.60. The molecule has 6 heteroatoms. The topological polar surface area (TPSA) is 107 Å². The molecular weight excluding hydrogens is 346 g/mol. The molecule has 1 aromatic heterocycles. The lowest BCUT2D eigenvalue weighted by Gasteiger charge is -1.99. The van der Waals surface area contributed by atoms with Crippen LogP contribution in [0.2, 0.25) is 0 Å². The first-order chi connectivity index (χ1) is 12.8. The van der Waals surface area contributed by atoms with Gasteiger partial charge in [0.1, 0.15) is 0 Å². The van der Waals surface area contributed by atoms with Crippen LogP contribution in [0.5, 0.6) is 0 Å². The van der Waals surface area contributed by atoms with Gasteiger partial charge >= 0.3 is 11.9 Å². The summed E-state index contributed by atoms with van der Waals surface area (Å²) < 4.78 is 0. The van der Waals surface area contributed by atoms with Gasteiger partial charge in [-0.1, -0.05) is 38.7 Å². The van der Waals surface area contributed by atoms with E-state index in [9.17, 15) is 14.4 Å². The molecule has 0 saturated carbocycles. The summed E-state index contributed by atoms with van der Waals surface area (Å²) in [4.78, 5) is 35.1. The van der Waals surface area contributed by atoms with Gasteiger partial charge in [-0.2, -0.15) is 0 Å². The highest BCUT2D eigenvalue weighted by molar-refractivity contribution is 5.94. The minimum Gasteiger partial charge on any atom is -0.478 e. The number of H-pyrrole nitrogens is 1. The lowest BCUT2D eigenvalue weighted by molar-refractivity contribution is 0.0696. The lowest BCUT2D eigenvalue weighted by Crippen LogP contribution is -2.10. The van der Waals surface area contributed by atoms with Crippen molar-refractivity contribution in [3.8, 4) is 0 Å². The fourth-order valence-electron chi connectivity index (χ4n) is 2.60. The molecule has 0 spiro atoms. The fraction of sp³-hybridized carbons (Fsp3) is 0.381. The summed E-state index contributed by atoms with van der Waals surface area (Å²) in [5, 5.41) is 17.2.